The summed E-state index contributed by atoms with van der Waals surface area (Å²) in [6.07, 6.45) is 5.05. The topological polar surface area (TPSA) is 66.7 Å². The zero-order valence-corrected chi connectivity index (χ0v) is 16.7. The van der Waals surface area contributed by atoms with Crippen LogP contribution in [0.25, 0.3) is 0 Å². The molecule has 0 fully saturated rings. The molecule has 1 atom stereocenters. The van der Waals surface area contributed by atoms with E-state index in [1.54, 1.807) is 0 Å². The van der Waals surface area contributed by atoms with Crippen molar-refractivity contribution in [2.45, 2.75) is 33.2 Å². The van der Waals surface area contributed by atoms with Crippen molar-refractivity contribution in [3.8, 4) is 0 Å². The second kappa shape index (κ2) is 11.9. The predicted octanol–water partition coefficient (Wildman–Crippen LogP) is 1.64. The lowest BCUT2D eigenvalue weighted by molar-refractivity contribution is 0.128. The second-order valence-corrected chi connectivity index (χ2v) is 6.87. The van der Waals surface area contributed by atoms with Crippen LogP contribution in [0, 0.1) is 5.92 Å². The zero-order valence-electron chi connectivity index (χ0n) is 16.7. The SMILES string of the molecule is CCNC(=NCC(c1cnn(C)c1)N(C)C)NCCOCCC(C)C. The lowest BCUT2D eigenvalue weighted by atomic mass is 10.1. The maximum atomic E-state index is 5.64. The van der Waals surface area contributed by atoms with Crippen molar-refractivity contribution in [1.29, 1.82) is 0 Å². The number of likely N-dealkylation sites (N-methyl/N-ethyl adjacent to an activating group) is 1. The average molecular weight is 353 g/mol. The van der Waals surface area contributed by atoms with Crippen LogP contribution in [0.3, 0.4) is 0 Å². The number of guanidine groups is 1. The maximum Gasteiger partial charge on any atom is 0.191 e. The molecule has 7 heteroatoms. The van der Waals surface area contributed by atoms with Gasteiger partial charge in [0.1, 0.15) is 0 Å². The van der Waals surface area contributed by atoms with Crippen molar-refractivity contribution in [1.82, 2.24) is 25.3 Å². The largest absolute Gasteiger partial charge is 0.380 e. The summed E-state index contributed by atoms with van der Waals surface area (Å²) in [7, 11) is 6.07. The number of rotatable bonds is 11. The summed E-state index contributed by atoms with van der Waals surface area (Å²) in [4.78, 5) is 6.89. The Kier molecular flexibility index (Phi) is 10.2. The molecule has 0 aliphatic heterocycles. The van der Waals surface area contributed by atoms with E-state index >= 15 is 0 Å². The molecule has 0 aliphatic rings. The van der Waals surface area contributed by atoms with Gasteiger partial charge in [0.05, 0.1) is 25.4 Å². The predicted molar refractivity (Wildman–Crippen MR) is 104 cm³/mol. The maximum absolute atomic E-state index is 5.64. The highest BCUT2D eigenvalue weighted by atomic mass is 16.5. The molecule has 7 nitrogen and oxygen atoms in total. The molecule has 2 N–H and O–H groups in total. The fraction of sp³-hybridized carbons (Fsp3) is 0.778. The highest BCUT2D eigenvalue weighted by Crippen LogP contribution is 2.17. The third-order valence-electron chi connectivity index (χ3n) is 3.88. The lowest BCUT2D eigenvalue weighted by Gasteiger charge is -2.22. The Morgan fingerprint density at radius 3 is 2.64 bits per heavy atom. The Morgan fingerprint density at radius 1 is 1.32 bits per heavy atom. The molecule has 144 valence electrons. The fourth-order valence-electron chi connectivity index (χ4n) is 2.36. The lowest BCUT2D eigenvalue weighted by Crippen LogP contribution is -2.39. The summed E-state index contributed by atoms with van der Waals surface area (Å²) in [6, 6.07) is 0.200. The molecular weight excluding hydrogens is 316 g/mol. The van der Waals surface area contributed by atoms with Crippen molar-refractivity contribution in [2.24, 2.45) is 18.0 Å². The third-order valence-corrected chi connectivity index (χ3v) is 3.88. The Balaban J connectivity index is 2.49. The van der Waals surface area contributed by atoms with Crippen LogP contribution in [0.15, 0.2) is 17.4 Å². The number of hydrogen-bond donors (Lipinski definition) is 2. The van der Waals surface area contributed by atoms with Gasteiger partial charge in [-0.15, -0.1) is 0 Å². The van der Waals surface area contributed by atoms with Crippen LogP contribution in [0.5, 0.6) is 0 Å². The van der Waals surface area contributed by atoms with Crippen molar-refractivity contribution < 1.29 is 4.74 Å². The number of nitrogens with zero attached hydrogens (tertiary/aromatic N) is 4. The van der Waals surface area contributed by atoms with Gasteiger partial charge in [-0.25, -0.2) is 0 Å². The Hall–Kier alpha value is -1.60. The van der Waals surface area contributed by atoms with Crippen LogP contribution in [0.1, 0.15) is 38.8 Å². The van der Waals surface area contributed by atoms with E-state index in [4.69, 9.17) is 9.73 Å². The molecule has 1 heterocycles. The highest BCUT2D eigenvalue weighted by Gasteiger charge is 2.15. The van der Waals surface area contributed by atoms with Gasteiger partial charge < -0.3 is 20.3 Å². The first kappa shape index (κ1) is 21.4. The minimum absolute atomic E-state index is 0.200. The van der Waals surface area contributed by atoms with Crippen molar-refractivity contribution in [3.05, 3.63) is 18.0 Å². The number of hydrogen-bond acceptors (Lipinski definition) is 4. The van der Waals surface area contributed by atoms with E-state index in [9.17, 15) is 0 Å². The number of ether oxygens (including phenoxy) is 1. The molecular formula is C18H36N6O. The normalized spacial score (nSPS) is 13.5. The summed E-state index contributed by atoms with van der Waals surface area (Å²) >= 11 is 0. The summed E-state index contributed by atoms with van der Waals surface area (Å²) in [5.41, 5.74) is 1.17. The first-order valence-corrected chi connectivity index (χ1v) is 9.18. The van der Waals surface area contributed by atoms with E-state index in [0.717, 1.165) is 32.1 Å². The van der Waals surface area contributed by atoms with Gasteiger partial charge in [0.15, 0.2) is 5.96 Å². The summed E-state index contributed by atoms with van der Waals surface area (Å²) in [6.45, 7) is 10.3. The van der Waals surface area contributed by atoms with Crippen LogP contribution >= 0.6 is 0 Å². The summed E-state index contributed by atoms with van der Waals surface area (Å²) in [5.74, 6) is 1.51. The van der Waals surface area contributed by atoms with Crippen LogP contribution in [0.2, 0.25) is 0 Å². The van der Waals surface area contributed by atoms with E-state index in [1.807, 2.05) is 24.1 Å². The molecule has 0 saturated heterocycles. The number of aliphatic imine (C=N–C) groups is 1. The summed E-state index contributed by atoms with van der Waals surface area (Å²) < 4.78 is 7.47. The van der Waals surface area contributed by atoms with Gasteiger partial charge in [-0.05, 0) is 33.4 Å². The molecule has 25 heavy (non-hydrogen) atoms. The molecule has 0 amide bonds. The molecule has 0 saturated carbocycles. The van der Waals surface area contributed by atoms with Crippen molar-refractivity contribution in [2.75, 3.05) is 46.9 Å². The van der Waals surface area contributed by atoms with Crippen LogP contribution in [0.4, 0.5) is 0 Å². The second-order valence-electron chi connectivity index (χ2n) is 6.87. The number of aromatic nitrogens is 2. The van der Waals surface area contributed by atoms with E-state index in [0.29, 0.717) is 19.1 Å². The minimum atomic E-state index is 0.200. The van der Waals surface area contributed by atoms with E-state index in [1.165, 1.54) is 5.56 Å². The van der Waals surface area contributed by atoms with Gasteiger partial charge in [0.25, 0.3) is 0 Å². The van der Waals surface area contributed by atoms with Crippen molar-refractivity contribution in [3.63, 3.8) is 0 Å². The van der Waals surface area contributed by atoms with E-state index in [2.05, 4.69) is 55.5 Å². The molecule has 1 aromatic rings. The molecule has 0 bridgehead atoms. The minimum Gasteiger partial charge on any atom is -0.380 e. The third kappa shape index (κ3) is 8.88. The van der Waals surface area contributed by atoms with Crippen molar-refractivity contribution >= 4 is 5.96 Å². The van der Waals surface area contributed by atoms with Gasteiger partial charge >= 0.3 is 0 Å². The monoisotopic (exact) mass is 352 g/mol. The van der Waals surface area contributed by atoms with Gasteiger partial charge in [-0.1, -0.05) is 13.8 Å². The molecule has 1 rings (SSSR count). The Bertz CT molecular complexity index is 498. The molecule has 1 aromatic heterocycles. The van der Waals surface area contributed by atoms with Crippen LogP contribution < -0.4 is 10.6 Å². The van der Waals surface area contributed by atoms with E-state index < -0.39 is 0 Å². The molecule has 1 unspecified atom stereocenters. The number of nitrogens with one attached hydrogen (secondary N) is 2. The average Bonchev–Trinajstić information content (AvgIpc) is 2.96. The molecule has 0 radical (unpaired) electrons. The van der Waals surface area contributed by atoms with Gasteiger partial charge in [-0.2, -0.15) is 5.10 Å². The first-order valence-electron chi connectivity index (χ1n) is 9.18. The molecule has 0 spiro atoms. The Morgan fingerprint density at radius 2 is 2.08 bits per heavy atom. The zero-order chi connectivity index (χ0) is 18.7. The first-order chi connectivity index (χ1) is 11.9. The van der Waals surface area contributed by atoms with Gasteiger partial charge in [0.2, 0.25) is 0 Å². The highest BCUT2D eigenvalue weighted by molar-refractivity contribution is 5.79. The summed E-state index contributed by atoms with van der Waals surface area (Å²) in [5, 5.41) is 10.9. The van der Waals surface area contributed by atoms with E-state index in [-0.39, 0.29) is 6.04 Å². The molecule has 0 aromatic carbocycles. The van der Waals surface area contributed by atoms with Crippen LogP contribution in [-0.4, -0.2) is 67.6 Å². The van der Waals surface area contributed by atoms with Gasteiger partial charge in [-0.3, -0.25) is 9.67 Å². The Labute approximate surface area is 152 Å². The molecule has 0 aliphatic carbocycles. The standard InChI is InChI=1S/C18H36N6O/c1-7-19-18(20-9-11-25-10-8-15(2)3)21-13-17(23(4)5)16-12-22-24(6)14-16/h12,14-15,17H,7-11,13H2,1-6H3,(H2,19,20,21). The van der Waals surface area contributed by atoms with Gasteiger partial charge in [0, 0.05) is 38.5 Å². The quantitative estimate of drug-likeness (QED) is 0.360. The fourth-order valence-corrected chi connectivity index (χ4v) is 2.36. The van der Waals surface area contributed by atoms with Crippen LogP contribution in [-0.2, 0) is 11.8 Å². The smallest absolute Gasteiger partial charge is 0.191 e. The number of aryl methyl sites for hydroxylation is 1.